The molecule has 0 aliphatic carbocycles. The molecule has 0 saturated heterocycles. The number of benzene rings is 2. The van der Waals surface area contributed by atoms with Crippen molar-refractivity contribution in [2.45, 2.75) is 19.9 Å². The molecule has 0 spiro atoms. The minimum absolute atomic E-state index is 0.216. The lowest BCUT2D eigenvalue weighted by atomic mass is 9.95. The van der Waals surface area contributed by atoms with Crippen LogP contribution in [0.1, 0.15) is 29.7 Å². The summed E-state index contributed by atoms with van der Waals surface area (Å²) >= 11 is 7.17. The lowest BCUT2D eigenvalue weighted by Crippen LogP contribution is -2.23. The third-order valence-electron chi connectivity index (χ3n) is 3.18. The Morgan fingerprint density at radius 1 is 1.05 bits per heavy atom. The van der Waals surface area contributed by atoms with Crippen LogP contribution >= 0.6 is 31.9 Å². The summed E-state index contributed by atoms with van der Waals surface area (Å²) in [5.74, 6) is 0. The zero-order valence-corrected chi connectivity index (χ0v) is 14.3. The standard InChI is InChI=1S/C16H17Br2N/c1-3-19-16(13-7-5-4-6-11(13)2)14-9-8-12(17)10-15(14)18/h4-10,16,19H,3H2,1-2H3. The van der Waals surface area contributed by atoms with Crippen molar-refractivity contribution >= 4 is 31.9 Å². The summed E-state index contributed by atoms with van der Waals surface area (Å²) in [6, 6.07) is 15.1. The molecule has 0 aliphatic rings. The third-order valence-corrected chi connectivity index (χ3v) is 4.36. The number of hydrogen-bond donors (Lipinski definition) is 1. The summed E-state index contributed by atoms with van der Waals surface area (Å²) in [6.45, 7) is 5.23. The van der Waals surface area contributed by atoms with Crippen LogP contribution in [0, 0.1) is 6.92 Å². The van der Waals surface area contributed by atoms with Gasteiger partial charge in [0.15, 0.2) is 0 Å². The molecule has 0 aromatic heterocycles. The molecule has 0 bridgehead atoms. The third kappa shape index (κ3) is 3.47. The van der Waals surface area contributed by atoms with Gasteiger partial charge in [-0.2, -0.15) is 0 Å². The smallest absolute Gasteiger partial charge is 0.0590 e. The van der Waals surface area contributed by atoms with Crippen LogP contribution in [-0.4, -0.2) is 6.54 Å². The zero-order chi connectivity index (χ0) is 13.8. The van der Waals surface area contributed by atoms with E-state index in [9.17, 15) is 0 Å². The van der Waals surface area contributed by atoms with Crippen LogP contribution < -0.4 is 5.32 Å². The fraction of sp³-hybridized carbons (Fsp3) is 0.250. The average Bonchev–Trinajstić information content (AvgIpc) is 2.38. The normalized spacial score (nSPS) is 12.4. The van der Waals surface area contributed by atoms with E-state index in [1.165, 1.54) is 16.7 Å². The molecule has 1 unspecified atom stereocenters. The van der Waals surface area contributed by atoms with Gasteiger partial charge in [0.25, 0.3) is 0 Å². The second-order valence-corrected chi connectivity index (χ2v) is 6.28. The maximum Gasteiger partial charge on any atom is 0.0590 e. The highest BCUT2D eigenvalue weighted by atomic mass is 79.9. The maximum absolute atomic E-state index is 3.67. The van der Waals surface area contributed by atoms with Gasteiger partial charge < -0.3 is 5.32 Å². The van der Waals surface area contributed by atoms with Gasteiger partial charge in [-0.25, -0.2) is 0 Å². The average molecular weight is 383 g/mol. The van der Waals surface area contributed by atoms with E-state index >= 15 is 0 Å². The Hall–Kier alpha value is -0.640. The quantitative estimate of drug-likeness (QED) is 0.764. The summed E-state index contributed by atoms with van der Waals surface area (Å²) in [6.07, 6.45) is 0. The Bertz CT molecular complexity index is 566. The maximum atomic E-state index is 3.67. The predicted octanol–water partition coefficient (Wildman–Crippen LogP) is 5.22. The SMILES string of the molecule is CCNC(c1ccccc1C)c1ccc(Br)cc1Br. The Balaban J connectivity index is 2.48. The highest BCUT2D eigenvalue weighted by molar-refractivity contribution is 9.11. The van der Waals surface area contributed by atoms with E-state index in [2.05, 4.69) is 93.5 Å². The Morgan fingerprint density at radius 3 is 2.42 bits per heavy atom. The van der Waals surface area contributed by atoms with Gasteiger partial charge in [0.05, 0.1) is 6.04 Å². The largest absolute Gasteiger partial charge is 0.306 e. The first-order valence-electron chi connectivity index (χ1n) is 6.37. The van der Waals surface area contributed by atoms with E-state index in [4.69, 9.17) is 0 Å². The van der Waals surface area contributed by atoms with Gasteiger partial charge in [-0.15, -0.1) is 0 Å². The van der Waals surface area contributed by atoms with Crippen molar-refractivity contribution in [1.82, 2.24) is 5.32 Å². The molecule has 0 aliphatic heterocycles. The molecular formula is C16H17Br2N. The van der Waals surface area contributed by atoms with Crippen LogP contribution in [0.15, 0.2) is 51.4 Å². The van der Waals surface area contributed by atoms with Crippen LogP contribution in [0.25, 0.3) is 0 Å². The summed E-state index contributed by atoms with van der Waals surface area (Å²) < 4.78 is 2.21. The lowest BCUT2D eigenvalue weighted by Gasteiger charge is -2.22. The fourth-order valence-electron chi connectivity index (χ4n) is 2.24. The van der Waals surface area contributed by atoms with Crippen molar-refractivity contribution in [3.05, 3.63) is 68.1 Å². The molecule has 1 nitrogen and oxygen atoms in total. The van der Waals surface area contributed by atoms with E-state index in [-0.39, 0.29) is 6.04 Å². The summed E-state index contributed by atoms with van der Waals surface area (Å²) in [4.78, 5) is 0. The number of aryl methyl sites for hydroxylation is 1. The van der Waals surface area contributed by atoms with E-state index in [0.29, 0.717) is 0 Å². The fourth-order valence-corrected chi connectivity index (χ4v) is 3.51. The van der Waals surface area contributed by atoms with Crippen molar-refractivity contribution < 1.29 is 0 Å². The molecule has 2 rings (SSSR count). The molecular weight excluding hydrogens is 366 g/mol. The van der Waals surface area contributed by atoms with Gasteiger partial charge in [0.2, 0.25) is 0 Å². The van der Waals surface area contributed by atoms with Gasteiger partial charge in [-0.3, -0.25) is 0 Å². The summed E-state index contributed by atoms with van der Waals surface area (Å²) in [5, 5.41) is 3.57. The first-order chi connectivity index (χ1) is 9.13. The Morgan fingerprint density at radius 2 is 1.79 bits per heavy atom. The van der Waals surface area contributed by atoms with E-state index < -0.39 is 0 Å². The van der Waals surface area contributed by atoms with Crippen molar-refractivity contribution in [3.63, 3.8) is 0 Å². The van der Waals surface area contributed by atoms with Crippen molar-refractivity contribution in [3.8, 4) is 0 Å². The highest BCUT2D eigenvalue weighted by Gasteiger charge is 2.17. The van der Waals surface area contributed by atoms with Crippen molar-refractivity contribution in [1.29, 1.82) is 0 Å². The van der Waals surface area contributed by atoms with Crippen molar-refractivity contribution in [2.24, 2.45) is 0 Å². The monoisotopic (exact) mass is 381 g/mol. The molecule has 0 heterocycles. The number of halogens is 2. The van der Waals surface area contributed by atoms with Gasteiger partial charge in [0, 0.05) is 8.95 Å². The topological polar surface area (TPSA) is 12.0 Å². The minimum atomic E-state index is 0.216. The van der Waals surface area contributed by atoms with Gasteiger partial charge in [0.1, 0.15) is 0 Å². The van der Waals surface area contributed by atoms with Crippen molar-refractivity contribution in [2.75, 3.05) is 6.54 Å². The molecule has 100 valence electrons. The summed E-state index contributed by atoms with van der Waals surface area (Å²) in [5.41, 5.74) is 3.90. The lowest BCUT2D eigenvalue weighted by molar-refractivity contribution is 0.625. The van der Waals surface area contributed by atoms with E-state index in [0.717, 1.165) is 15.5 Å². The Kier molecular flexibility index (Phi) is 5.20. The van der Waals surface area contributed by atoms with E-state index in [1.54, 1.807) is 0 Å². The van der Waals surface area contributed by atoms with Crippen LogP contribution in [0.2, 0.25) is 0 Å². The van der Waals surface area contributed by atoms with Crippen LogP contribution in [0.4, 0.5) is 0 Å². The van der Waals surface area contributed by atoms with Gasteiger partial charge >= 0.3 is 0 Å². The highest BCUT2D eigenvalue weighted by Crippen LogP contribution is 2.32. The molecule has 2 aromatic rings. The molecule has 3 heteroatoms. The van der Waals surface area contributed by atoms with Crippen LogP contribution in [-0.2, 0) is 0 Å². The summed E-state index contributed by atoms with van der Waals surface area (Å²) in [7, 11) is 0. The molecule has 0 fully saturated rings. The first kappa shape index (κ1) is 14.8. The minimum Gasteiger partial charge on any atom is -0.306 e. The molecule has 0 saturated carbocycles. The molecule has 19 heavy (non-hydrogen) atoms. The zero-order valence-electron chi connectivity index (χ0n) is 11.1. The number of rotatable bonds is 4. The molecule has 0 amide bonds. The molecule has 0 radical (unpaired) electrons. The molecule has 1 atom stereocenters. The second kappa shape index (κ2) is 6.69. The number of nitrogens with one attached hydrogen (secondary N) is 1. The number of hydrogen-bond acceptors (Lipinski definition) is 1. The van der Waals surface area contributed by atoms with Crippen LogP contribution in [0.5, 0.6) is 0 Å². The molecule has 2 aromatic carbocycles. The van der Waals surface area contributed by atoms with E-state index in [1.807, 2.05) is 0 Å². The van der Waals surface area contributed by atoms with Crippen LogP contribution in [0.3, 0.4) is 0 Å². The first-order valence-corrected chi connectivity index (χ1v) is 7.96. The Labute approximate surface area is 131 Å². The van der Waals surface area contributed by atoms with Gasteiger partial charge in [-0.05, 0) is 42.3 Å². The predicted molar refractivity (Wildman–Crippen MR) is 88.5 cm³/mol. The van der Waals surface area contributed by atoms with Gasteiger partial charge in [-0.1, -0.05) is 69.1 Å². The molecule has 1 N–H and O–H groups in total. The second-order valence-electron chi connectivity index (χ2n) is 4.51.